The minimum atomic E-state index is 0.992. The van der Waals surface area contributed by atoms with E-state index in [4.69, 9.17) is 0 Å². The highest BCUT2D eigenvalue weighted by Crippen LogP contribution is 2.30. The Morgan fingerprint density at radius 3 is 2.29 bits per heavy atom. The van der Waals surface area contributed by atoms with Gasteiger partial charge in [-0.15, -0.1) is 0 Å². The molecule has 14 heavy (non-hydrogen) atoms. The minimum absolute atomic E-state index is 0.992. The lowest BCUT2D eigenvalue weighted by Gasteiger charge is -2.14. The van der Waals surface area contributed by atoms with Gasteiger partial charge < -0.3 is 5.32 Å². The van der Waals surface area contributed by atoms with Crippen LogP contribution < -0.4 is 5.32 Å². The van der Waals surface area contributed by atoms with Crippen LogP contribution >= 0.6 is 0 Å². The van der Waals surface area contributed by atoms with Gasteiger partial charge >= 0.3 is 0 Å². The highest BCUT2D eigenvalue weighted by atomic mass is 14.9. The Balaban J connectivity index is 1.54. The van der Waals surface area contributed by atoms with Crippen LogP contribution in [-0.2, 0) is 0 Å². The van der Waals surface area contributed by atoms with Crippen LogP contribution in [-0.4, -0.2) is 13.1 Å². The third kappa shape index (κ3) is 2.98. The van der Waals surface area contributed by atoms with Gasteiger partial charge in [-0.1, -0.05) is 26.2 Å². The zero-order valence-electron chi connectivity index (χ0n) is 9.60. The molecule has 0 amide bonds. The zero-order chi connectivity index (χ0) is 9.80. The molecule has 2 saturated carbocycles. The minimum Gasteiger partial charge on any atom is -0.316 e. The van der Waals surface area contributed by atoms with E-state index < -0.39 is 0 Å². The predicted octanol–water partition coefficient (Wildman–Crippen LogP) is 3.20. The Bertz CT molecular complexity index is 161. The topological polar surface area (TPSA) is 12.0 Å². The normalized spacial score (nSPS) is 34.1. The molecule has 1 heteroatoms. The Kier molecular flexibility index (Phi) is 3.86. The maximum absolute atomic E-state index is 3.69. The summed E-state index contributed by atoms with van der Waals surface area (Å²) in [7, 11) is 0. The lowest BCUT2D eigenvalue weighted by molar-refractivity contribution is 0.426. The molecule has 0 bridgehead atoms. The summed E-state index contributed by atoms with van der Waals surface area (Å²) in [6, 6.07) is 0. The zero-order valence-corrected chi connectivity index (χ0v) is 9.60. The summed E-state index contributed by atoms with van der Waals surface area (Å²) >= 11 is 0. The second kappa shape index (κ2) is 5.16. The Morgan fingerprint density at radius 2 is 1.64 bits per heavy atom. The highest BCUT2D eigenvalue weighted by molar-refractivity contribution is 4.76. The van der Waals surface area contributed by atoms with Crippen LogP contribution in [0.15, 0.2) is 0 Å². The lowest BCUT2D eigenvalue weighted by atomic mass is 10.1. The van der Waals surface area contributed by atoms with E-state index in [2.05, 4.69) is 12.2 Å². The number of nitrogens with one attached hydrogen (secondary N) is 1. The summed E-state index contributed by atoms with van der Waals surface area (Å²) in [5.74, 6) is 2.99. The van der Waals surface area contributed by atoms with Crippen molar-refractivity contribution in [3.63, 3.8) is 0 Å². The summed E-state index contributed by atoms with van der Waals surface area (Å²) in [6.07, 6.45) is 10.3. The first-order valence-corrected chi connectivity index (χ1v) is 6.55. The first kappa shape index (κ1) is 10.5. The standard InChI is InChI=1S/C13H25N/c1-11-6-7-13(8-11)10-14-9-12-4-2-3-5-12/h11-14H,2-10H2,1H3. The predicted molar refractivity (Wildman–Crippen MR) is 61.3 cm³/mol. The molecular weight excluding hydrogens is 170 g/mol. The summed E-state index contributed by atoms with van der Waals surface area (Å²) in [5, 5.41) is 3.69. The molecule has 2 fully saturated rings. The van der Waals surface area contributed by atoms with E-state index in [9.17, 15) is 0 Å². The fourth-order valence-corrected chi connectivity index (χ4v) is 3.22. The third-order valence-corrected chi connectivity index (χ3v) is 4.14. The third-order valence-electron chi connectivity index (χ3n) is 4.14. The molecular formula is C13H25N. The van der Waals surface area contributed by atoms with E-state index in [1.165, 1.54) is 58.0 Å². The largest absolute Gasteiger partial charge is 0.316 e. The van der Waals surface area contributed by atoms with Crippen molar-refractivity contribution in [3.05, 3.63) is 0 Å². The molecule has 0 radical (unpaired) electrons. The fourth-order valence-electron chi connectivity index (χ4n) is 3.22. The molecule has 0 aromatic carbocycles. The van der Waals surface area contributed by atoms with Crippen molar-refractivity contribution in [3.8, 4) is 0 Å². The van der Waals surface area contributed by atoms with Crippen LogP contribution in [0.2, 0.25) is 0 Å². The van der Waals surface area contributed by atoms with Crippen LogP contribution in [0.1, 0.15) is 51.9 Å². The lowest BCUT2D eigenvalue weighted by Crippen LogP contribution is -2.26. The molecule has 1 nitrogen and oxygen atoms in total. The van der Waals surface area contributed by atoms with Gasteiger partial charge in [0.25, 0.3) is 0 Å². The van der Waals surface area contributed by atoms with Gasteiger partial charge in [0.05, 0.1) is 0 Å². The molecule has 0 heterocycles. The molecule has 0 aromatic rings. The molecule has 0 spiro atoms. The van der Waals surface area contributed by atoms with Crippen molar-refractivity contribution >= 4 is 0 Å². The Hall–Kier alpha value is -0.0400. The number of hydrogen-bond acceptors (Lipinski definition) is 1. The average Bonchev–Trinajstić information content (AvgIpc) is 2.77. The fraction of sp³-hybridized carbons (Fsp3) is 1.00. The van der Waals surface area contributed by atoms with E-state index in [1.807, 2.05) is 0 Å². The quantitative estimate of drug-likeness (QED) is 0.726. The van der Waals surface area contributed by atoms with Gasteiger partial charge in [0.1, 0.15) is 0 Å². The molecule has 0 aliphatic heterocycles. The second-order valence-corrected chi connectivity index (χ2v) is 5.59. The number of hydrogen-bond donors (Lipinski definition) is 1. The SMILES string of the molecule is CC1CCC(CNCC2CCCC2)C1. The van der Waals surface area contributed by atoms with Crippen LogP contribution in [0.5, 0.6) is 0 Å². The maximum Gasteiger partial charge on any atom is -0.00203 e. The smallest absolute Gasteiger partial charge is 0.00203 e. The van der Waals surface area contributed by atoms with E-state index in [1.54, 1.807) is 0 Å². The van der Waals surface area contributed by atoms with Crippen molar-refractivity contribution in [2.45, 2.75) is 51.9 Å². The first-order chi connectivity index (χ1) is 6.84. The van der Waals surface area contributed by atoms with Crippen molar-refractivity contribution in [2.24, 2.45) is 17.8 Å². The average molecular weight is 195 g/mol. The van der Waals surface area contributed by atoms with Crippen LogP contribution in [0.25, 0.3) is 0 Å². The maximum atomic E-state index is 3.69. The van der Waals surface area contributed by atoms with E-state index in [0.717, 1.165) is 17.8 Å². The summed E-state index contributed by atoms with van der Waals surface area (Å²) < 4.78 is 0. The molecule has 2 aliphatic carbocycles. The summed E-state index contributed by atoms with van der Waals surface area (Å²) in [5.41, 5.74) is 0. The van der Waals surface area contributed by atoms with Gasteiger partial charge in [0.15, 0.2) is 0 Å². The number of rotatable bonds is 4. The molecule has 82 valence electrons. The van der Waals surface area contributed by atoms with E-state index in [0.29, 0.717) is 0 Å². The van der Waals surface area contributed by atoms with Crippen LogP contribution in [0, 0.1) is 17.8 Å². The molecule has 0 aromatic heterocycles. The van der Waals surface area contributed by atoms with E-state index in [-0.39, 0.29) is 0 Å². The molecule has 2 rings (SSSR count). The van der Waals surface area contributed by atoms with Crippen LogP contribution in [0.4, 0.5) is 0 Å². The summed E-state index contributed by atoms with van der Waals surface area (Å²) in [6.45, 7) is 4.99. The molecule has 0 saturated heterocycles. The van der Waals surface area contributed by atoms with Crippen LogP contribution in [0.3, 0.4) is 0 Å². The van der Waals surface area contributed by atoms with Gasteiger partial charge in [-0.05, 0) is 56.5 Å². The monoisotopic (exact) mass is 195 g/mol. The van der Waals surface area contributed by atoms with Gasteiger partial charge in [0, 0.05) is 0 Å². The van der Waals surface area contributed by atoms with Gasteiger partial charge in [-0.2, -0.15) is 0 Å². The van der Waals surface area contributed by atoms with Gasteiger partial charge in [-0.25, -0.2) is 0 Å². The van der Waals surface area contributed by atoms with Gasteiger partial charge in [-0.3, -0.25) is 0 Å². The molecule has 2 atom stereocenters. The van der Waals surface area contributed by atoms with Crippen molar-refractivity contribution in [2.75, 3.05) is 13.1 Å². The highest BCUT2D eigenvalue weighted by Gasteiger charge is 2.21. The molecule has 1 N–H and O–H groups in total. The Labute approximate surface area is 88.7 Å². The first-order valence-electron chi connectivity index (χ1n) is 6.55. The summed E-state index contributed by atoms with van der Waals surface area (Å²) in [4.78, 5) is 0. The van der Waals surface area contributed by atoms with E-state index >= 15 is 0 Å². The van der Waals surface area contributed by atoms with Gasteiger partial charge in [0.2, 0.25) is 0 Å². The van der Waals surface area contributed by atoms with Crippen molar-refractivity contribution < 1.29 is 0 Å². The Morgan fingerprint density at radius 1 is 0.929 bits per heavy atom. The van der Waals surface area contributed by atoms with Crippen molar-refractivity contribution in [1.82, 2.24) is 5.32 Å². The molecule has 2 aliphatic rings. The second-order valence-electron chi connectivity index (χ2n) is 5.59. The van der Waals surface area contributed by atoms with Crippen molar-refractivity contribution in [1.29, 1.82) is 0 Å². The molecule has 2 unspecified atom stereocenters.